The number of nitrogens with one attached hydrogen (secondary N) is 3. The van der Waals surface area contributed by atoms with Gasteiger partial charge in [-0.15, -0.1) is 0 Å². The molecule has 1 amide bonds. The zero-order valence-corrected chi connectivity index (χ0v) is 12.9. The molecule has 0 saturated heterocycles. The Hall–Kier alpha value is -2.50. The van der Waals surface area contributed by atoms with Crippen molar-refractivity contribution in [1.82, 2.24) is 4.98 Å². The van der Waals surface area contributed by atoms with Gasteiger partial charge >= 0.3 is 6.09 Å². The van der Waals surface area contributed by atoms with E-state index in [0.29, 0.717) is 17.9 Å². The number of hydrogen-bond donors (Lipinski definition) is 3. The Bertz CT molecular complexity index is 633. The summed E-state index contributed by atoms with van der Waals surface area (Å²) in [7, 11) is 0. The third kappa shape index (κ3) is 4.80. The van der Waals surface area contributed by atoms with Gasteiger partial charge in [-0.1, -0.05) is 0 Å². The lowest BCUT2D eigenvalue weighted by Crippen LogP contribution is -2.27. The average molecular weight is 305 g/mol. The molecule has 0 unspecified atom stereocenters. The van der Waals surface area contributed by atoms with Crippen LogP contribution in [-0.2, 0) is 11.3 Å². The third-order valence-electron chi connectivity index (χ3n) is 2.75. The minimum Gasteiger partial charge on any atom is -0.444 e. The quantitative estimate of drug-likeness (QED) is 0.796. The molecule has 2 rings (SSSR count). The molecule has 0 atom stereocenters. The molecule has 0 aliphatic heterocycles. The number of anilines is 2. The molecule has 0 fully saturated rings. The number of benzene rings is 1. The highest BCUT2D eigenvalue weighted by Crippen LogP contribution is 2.24. The summed E-state index contributed by atoms with van der Waals surface area (Å²) in [5, 5.41) is 5.71. The molecule has 5 nitrogen and oxygen atoms in total. The largest absolute Gasteiger partial charge is 0.444 e. The fraction of sp³-hybridized carbons (Fsp3) is 0.312. The van der Waals surface area contributed by atoms with E-state index in [0.717, 1.165) is 5.69 Å². The van der Waals surface area contributed by atoms with Crippen molar-refractivity contribution in [3.8, 4) is 0 Å². The molecule has 0 saturated carbocycles. The summed E-state index contributed by atoms with van der Waals surface area (Å²) in [4.78, 5) is 14.9. The van der Waals surface area contributed by atoms with Crippen LogP contribution < -0.4 is 10.6 Å². The van der Waals surface area contributed by atoms with Crippen LogP contribution in [0.15, 0.2) is 36.5 Å². The van der Waals surface area contributed by atoms with Gasteiger partial charge in [0.2, 0.25) is 0 Å². The van der Waals surface area contributed by atoms with E-state index in [1.54, 1.807) is 20.8 Å². The van der Waals surface area contributed by atoms with Crippen molar-refractivity contribution in [2.24, 2.45) is 0 Å². The zero-order valence-electron chi connectivity index (χ0n) is 12.9. The second kappa shape index (κ2) is 6.51. The highest BCUT2D eigenvalue weighted by Gasteiger charge is 2.17. The minimum atomic E-state index is -0.595. The van der Waals surface area contributed by atoms with Crippen LogP contribution in [0, 0.1) is 5.82 Å². The smallest absolute Gasteiger partial charge is 0.412 e. The number of H-pyrrole nitrogens is 1. The first kappa shape index (κ1) is 15.9. The fourth-order valence-corrected chi connectivity index (χ4v) is 1.85. The van der Waals surface area contributed by atoms with E-state index in [4.69, 9.17) is 4.74 Å². The van der Waals surface area contributed by atoms with Crippen LogP contribution in [-0.4, -0.2) is 16.7 Å². The van der Waals surface area contributed by atoms with Crippen LogP contribution in [0.4, 0.5) is 20.6 Å². The van der Waals surface area contributed by atoms with Crippen molar-refractivity contribution in [2.75, 3.05) is 10.6 Å². The molecule has 1 aromatic carbocycles. The normalized spacial score (nSPS) is 11.1. The van der Waals surface area contributed by atoms with Gasteiger partial charge in [0.15, 0.2) is 0 Å². The first-order valence-electron chi connectivity index (χ1n) is 6.99. The van der Waals surface area contributed by atoms with Crippen LogP contribution in [0.2, 0.25) is 0 Å². The number of halogens is 1. The summed E-state index contributed by atoms with van der Waals surface area (Å²) >= 11 is 0. The van der Waals surface area contributed by atoms with Gasteiger partial charge < -0.3 is 15.0 Å². The summed E-state index contributed by atoms with van der Waals surface area (Å²) in [5.41, 5.74) is 1.30. The van der Waals surface area contributed by atoms with Crippen molar-refractivity contribution in [3.63, 3.8) is 0 Å². The lowest BCUT2D eigenvalue weighted by atomic mass is 10.2. The topological polar surface area (TPSA) is 66.2 Å². The molecule has 0 aliphatic carbocycles. The molecule has 118 valence electrons. The van der Waals surface area contributed by atoms with E-state index in [2.05, 4.69) is 15.6 Å². The monoisotopic (exact) mass is 305 g/mol. The van der Waals surface area contributed by atoms with Gasteiger partial charge in [-0.25, -0.2) is 9.18 Å². The number of carbonyl (C=O) groups is 1. The molecule has 0 aliphatic rings. The molecule has 2 aromatic rings. The standard InChI is InChI=1S/C16H20FN3O2/c1-16(2,3)22-15(21)20-13-7-6-11(17)9-14(13)19-10-12-5-4-8-18-12/h4-9,18-19H,10H2,1-3H3,(H,20,21). The van der Waals surface area contributed by atoms with Crippen molar-refractivity contribution in [2.45, 2.75) is 32.9 Å². The molecular weight excluding hydrogens is 285 g/mol. The van der Waals surface area contributed by atoms with Gasteiger partial charge in [0.1, 0.15) is 11.4 Å². The third-order valence-corrected chi connectivity index (χ3v) is 2.75. The van der Waals surface area contributed by atoms with Gasteiger partial charge in [-0.2, -0.15) is 0 Å². The highest BCUT2D eigenvalue weighted by molar-refractivity contribution is 5.89. The number of amides is 1. The summed E-state index contributed by atoms with van der Waals surface area (Å²) in [6, 6.07) is 7.90. The Balaban J connectivity index is 2.08. The summed E-state index contributed by atoms with van der Waals surface area (Å²) < 4.78 is 18.6. The molecule has 1 heterocycles. The molecule has 0 spiro atoms. The van der Waals surface area contributed by atoms with Crippen LogP contribution in [0.1, 0.15) is 26.5 Å². The van der Waals surface area contributed by atoms with Crippen molar-refractivity contribution >= 4 is 17.5 Å². The van der Waals surface area contributed by atoms with E-state index in [-0.39, 0.29) is 5.82 Å². The molecule has 1 aromatic heterocycles. The molecular formula is C16H20FN3O2. The van der Waals surface area contributed by atoms with Gasteiger partial charge in [0.25, 0.3) is 0 Å². The van der Waals surface area contributed by atoms with Crippen LogP contribution in [0.25, 0.3) is 0 Å². The lowest BCUT2D eigenvalue weighted by Gasteiger charge is -2.20. The molecule has 22 heavy (non-hydrogen) atoms. The number of aromatic nitrogens is 1. The SMILES string of the molecule is CC(C)(C)OC(=O)Nc1ccc(F)cc1NCc1ccc[nH]1. The Labute approximate surface area is 128 Å². The number of carbonyl (C=O) groups excluding carboxylic acids is 1. The van der Waals surface area contributed by atoms with E-state index >= 15 is 0 Å². The lowest BCUT2D eigenvalue weighted by molar-refractivity contribution is 0.0636. The first-order valence-corrected chi connectivity index (χ1v) is 6.99. The van der Waals surface area contributed by atoms with E-state index in [9.17, 15) is 9.18 Å². The maximum absolute atomic E-state index is 13.4. The Morgan fingerprint density at radius 3 is 2.68 bits per heavy atom. The van der Waals surface area contributed by atoms with Crippen LogP contribution in [0.5, 0.6) is 0 Å². The van der Waals surface area contributed by atoms with Gasteiger partial charge in [0, 0.05) is 11.9 Å². The second-order valence-electron chi connectivity index (χ2n) is 5.87. The maximum Gasteiger partial charge on any atom is 0.412 e. The molecule has 3 N–H and O–H groups in total. The minimum absolute atomic E-state index is 0.385. The predicted octanol–water partition coefficient (Wildman–Crippen LogP) is 4.11. The number of aromatic amines is 1. The second-order valence-corrected chi connectivity index (χ2v) is 5.87. The van der Waals surface area contributed by atoms with Crippen molar-refractivity contribution < 1.29 is 13.9 Å². The zero-order chi connectivity index (χ0) is 16.2. The van der Waals surface area contributed by atoms with E-state index in [1.807, 2.05) is 18.3 Å². The van der Waals surface area contributed by atoms with Gasteiger partial charge in [-0.05, 0) is 51.1 Å². The molecule has 6 heteroatoms. The number of hydrogen-bond acceptors (Lipinski definition) is 3. The maximum atomic E-state index is 13.4. The highest BCUT2D eigenvalue weighted by atomic mass is 19.1. The Morgan fingerprint density at radius 1 is 1.27 bits per heavy atom. The summed E-state index contributed by atoms with van der Waals surface area (Å²) in [5.74, 6) is -0.385. The number of rotatable bonds is 4. The van der Waals surface area contributed by atoms with Crippen molar-refractivity contribution in [1.29, 1.82) is 0 Å². The fourth-order valence-electron chi connectivity index (χ4n) is 1.85. The van der Waals surface area contributed by atoms with Crippen LogP contribution in [0.3, 0.4) is 0 Å². The molecule has 0 radical (unpaired) electrons. The Kier molecular flexibility index (Phi) is 4.70. The average Bonchev–Trinajstić information content (AvgIpc) is 2.90. The summed E-state index contributed by atoms with van der Waals surface area (Å²) in [6.07, 6.45) is 1.23. The van der Waals surface area contributed by atoms with Gasteiger partial charge in [0.05, 0.1) is 17.9 Å². The van der Waals surface area contributed by atoms with E-state index in [1.165, 1.54) is 18.2 Å². The van der Waals surface area contributed by atoms with Crippen molar-refractivity contribution in [3.05, 3.63) is 48.0 Å². The molecule has 0 bridgehead atoms. The predicted molar refractivity (Wildman–Crippen MR) is 84.4 cm³/mol. The van der Waals surface area contributed by atoms with Gasteiger partial charge in [-0.3, -0.25) is 5.32 Å². The summed E-state index contributed by atoms with van der Waals surface area (Å²) in [6.45, 7) is 5.82. The number of ether oxygens (including phenoxy) is 1. The first-order chi connectivity index (χ1) is 10.3. The van der Waals surface area contributed by atoms with E-state index < -0.39 is 11.7 Å². The Morgan fingerprint density at radius 2 is 2.05 bits per heavy atom. The van der Waals surface area contributed by atoms with Crippen LogP contribution >= 0.6 is 0 Å².